The molecule has 0 unspecified atom stereocenters. The number of amides is 1. The van der Waals surface area contributed by atoms with Gasteiger partial charge in [0, 0.05) is 12.0 Å². The lowest BCUT2D eigenvalue weighted by Crippen LogP contribution is -2.42. The van der Waals surface area contributed by atoms with Gasteiger partial charge in [-0.05, 0) is 37.1 Å². The topological polar surface area (TPSA) is 80.8 Å². The minimum atomic E-state index is -3.33. The number of nitrogens with zero attached hydrogens (tertiary/aromatic N) is 1. The fraction of sp³-hybridized carbons (Fsp3) is 0.273. The average Bonchev–Trinajstić information content (AvgIpc) is 3.04. The van der Waals surface area contributed by atoms with E-state index in [1.807, 2.05) is 43.3 Å². The van der Waals surface area contributed by atoms with Crippen LogP contribution in [0.1, 0.15) is 27.0 Å². The normalized spacial score (nSPS) is 17.1. The van der Waals surface area contributed by atoms with Crippen LogP contribution in [0, 0.1) is 13.8 Å². The summed E-state index contributed by atoms with van der Waals surface area (Å²) in [5, 5.41) is 1.13. The average molecular weight is 413 g/mol. The molecule has 0 radical (unpaired) electrons. The highest BCUT2D eigenvalue weighted by atomic mass is 32.2. The molecule has 1 aliphatic rings. The summed E-state index contributed by atoms with van der Waals surface area (Å²) in [5.74, 6) is -1.19. The molecule has 152 valence electrons. The van der Waals surface area contributed by atoms with Gasteiger partial charge in [0.15, 0.2) is 16.4 Å². The molecule has 2 aromatic rings. The highest BCUT2D eigenvalue weighted by Crippen LogP contribution is 2.18. The Morgan fingerprint density at radius 3 is 2.45 bits per heavy atom. The third-order valence-corrected chi connectivity index (χ3v) is 6.13. The van der Waals surface area contributed by atoms with Crippen LogP contribution in [0.3, 0.4) is 0 Å². The zero-order chi connectivity index (χ0) is 21.0. The number of hydrogen-bond acceptors (Lipinski definition) is 5. The van der Waals surface area contributed by atoms with Crippen LogP contribution < -0.4 is 0 Å². The van der Waals surface area contributed by atoms with E-state index in [1.165, 1.54) is 11.0 Å². The molecule has 6 nitrogen and oxygen atoms in total. The number of sulfone groups is 1. The fourth-order valence-electron chi connectivity index (χ4n) is 3.25. The monoisotopic (exact) mass is 413 g/mol. The second-order valence-electron chi connectivity index (χ2n) is 7.13. The van der Waals surface area contributed by atoms with Crippen molar-refractivity contribution in [2.24, 2.45) is 0 Å². The smallest absolute Gasteiger partial charge is 0.338 e. The van der Waals surface area contributed by atoms with E-state index in [9.17, 15) is 18.0 Å². The van der Waals surface area contributed by atoms with Crippen LogP contribution in [0.4, 0.5) is 0 Å². The lowest BCUT2D eigenvalue weighted by Gasteiger charge is -2.27. The number of benzene rings is 2. The summed E-state index contributed by atoms with van der Waals surface area (Å²) in [6, 6.07) is 14.0. The second-order valence-corrected chi connectivity index (χ2v) is 9.06. The first-order chi connectivity index (χ1) is 13.7. The molecule has 2 aromatic carbocycles. The molecule has 1 amide bonds. The number of carbonyl (C=O) groups excluding carboxylic acids is 2. The number of hydrogen-bond donors (Lipinski definition) is 0. The van der Waals surface area contributed by atoms with Crippen molar-refractivity contribution in [3.05, 3.63) is 82.3 Å². The van der Waals surface area contributed by atoms with Crippen molar-refractivity contribution in [1.82, 2.24) is 4.90 Å². The molecular formula is C22H23NO5S. The Balaban J connectivity index is 1.72. The first kappa shape index (κ1) is 20.8. The number of rotatable bonds is 6. The predicted octanol–water partition coefficient (Wildman–Crippen LogP) is 2.80. The Labute approximate surface area is 170 Å². The van der Waals surface area contributed by atoms with E-state index in [-0.39, 0.29) is 12.3 Å². The molecule has 0 aromatic heterocycles. The van der Waals surface area contributed by atoms with Gasteiger partial charge in [0.2, 0.25) is 0 Å². The second kappa shape index (κ2) is 8.61. The van der Waals surface area contributed by atoms with Crippen molar-refractivity contribution < 1.29 is 22.7 Å². The van der Waals surface area contributed by atoms with E-state index >= 15 is 0 Å². The largest absolute Gasteiger partial charge is 0.452 e. The van der Waals surface area contributed by atoms with Gasteiger partial charge in [-0.3, -0.25) is 4.79 Å². The molecule has 0 aliphatic carbocycles. The van der Waals surface area contributed by atoms with Crippen LogP contribution in [-0.2, 0) is 25.9 Å². The van der Waals surface area contributed by atoms with Crippen LogP contribution in [0.15, 0.2) is 60.0 Å². The zero-order valence-corrected chi connectivity index (χ0v) is 17.2. The van der Waals surface area contributed by atoms with Crippen LogP contribution in [0.25, 0.3) is 0 Å². The quantitative estimate of drug-likeness (QED) is 0.681. The van der Waals surface area contributed by atoms with E-state index < -0.39 is 34.4 Å². The number of ether oxygens (including phenoxy) is 1. The summed E-state index contributed by atoms with van der Waals surface area (Å²) < 4.78 is 28.9. The third kappa shape index (κ3) is 5.32. The van der Waals surface area contributed by atoms with Crippen molar-refractivity contribution in [2.45, 2.75) is 26.4 Å². The van der Waals surface area contributed by atoms with Crippen molar-refractivity contribution in [3.63, 3.8) is 0 Å². The maximum Gasteiger partial charge on any atom is 0.338 e. The Hall–Kier alpha value is -2.93. The van der Waals surface area contributed by atoms with Gasteiger partial charge in [-0.1, -0.05) is 48.0 Å². The molecule has 3 rings (SSSR count). The summed E-state index contributed by atoms with van der Waals surface area (Å²) >= 11 is 0. The number of carbonyl (C=O) groups is 2. The Morgan fingerprint density at radius 1 is 1.10 bits per heavy atom. The van der Waals surface area contributed by atoms with Gasteiger partial charge in [-0.15, -0.1) is 0 Å². The molecule has 0 spiro atoms. The molecule has 1 atom stereocenters. The van der Waals surface area contributed by atoms with E-state index in [0.29, 0.717) is 5.56 Å². The molecule has 1 heterocycles. The first-order valence-corrected chi connectivity index (χ1v) is 11.0. The molecule has 0 saturated carbocycles. The van der Waals surface area contributed by atoms with Gasteiger partial charge >= 0.3 is 5.97 Å². The summed E-state index contributed by atoms with van der Waals surface area (Å²) in [4.78, 5) is 26.7. The molecule has 0 fully saturated rings. The summed E-state index contributed by atoms with van der Waals surface area (Å²) in [5.41, 5.74) is 3.06. The van der Waals surface area contributed by atoms with Gasteiger partial charge in [-0.2, -0.15) is 0 Å². The van der Waals surface area contributed by atoms with Crippen LogP contribution in [0.2, 0.25) is 0 Å². The highest BCUT2D eigenvalue weighted by Gasteiger charge is 2.31. The van der Waals surface area contributed by atoms with E-state index in [0.717, 1.165) is 22.1 Å². The molecule has 29 heavy (non-hydrogen) atoms. The van der Waals surface area contributed by atoms with Crippen molar-refractivity contribution in [1.29, 1.82) is 0 Å². The van der Waals surface area contributed by atoms with E-state index in [4.69, 9.17) is 4.74 Å². The Morgan fingerprint density at radius 2 is 1.83 bits per heavy atom. The van der Waals surface area contributed by atoms with Gasteiger partial charge in [0.1, 0.15) is 0 Å². The number of aryl methyl sites for hydroxylation is 2. The Kier molecular flexibility index (Phi) is 6.17. The summed E-state index contributed by atoms with van der Waals surface area (Å²) in [6.07, 6.45) is 1.50. The van der Waals surface area contributed by atoms with E-state index in [2.05, 4.69) is 0 Å². The van der Waals surface area contributed by atoms with Gasteiger partial charge in [0.25, 0.3) is 5.91 Å². The lowest BCUT2D eigenvalue weighted by atomic mass is 10.1. The standard InChI is InChI=1S/C22H23NO5S/c1-16-8-9-20(17(2)12-16)22(25)28-14-21(24)23(13-18-6-4-3-5-7-18)19-10-11-29(26,27)15-19/h3-12,19H,13-15H2,1-2H3/t19-/m0/s1. The maximum absolute atomic E-state index is 12.8. The summed E-state index contributed by atoms with van der Waals surface area (Å²) in [7, 11) is -3.33. The van der Waals surface area contributed by atoms with Gasteiger partial charge in [-0.25, -0.2) is 13.2 Å². The van der Waals surface area contributed by atoms with Crippen molar-refractivity contribution in [3.8, 4) is 0 Å². The predicted molar refractivity (Wildman–Crippen MR) is 110 cm³/mol. The molecule has 0 N–H and O–H groups in total. The van der Waals surface area contributed by atoms with Gasteiger partial charge < -0.3 is 9.64 Å². The fourth-order valence-corrected chi connectivity index (χ4v) is 4.55. The van der Waals surface area contributed by atoms with Crippen LogP contribution in [0.5, 0.6) is 0 Å². The summed E-state index contributed by atoms with van der Waals surface area (Å²) in [6.45, 7) is 3.51. The maximum atomic E-state index is 12.8. The van der Waals surface area contributed by atoms with E-state index in [1.54, 1.807) is 19.1 Å². The van der Waals surface area contributed by atoms with Crippen LogP contribution in [-0.4, -0.2) is 43.6 Å². The molecule has 1 aliphatic heterocycles. The molecule has 0 saturated heterocycles. The SMILES string of the molecule is Cc1ccc(C(=O)OCC(=O)N(Cc2ccccc2)[C@H]2C=CS(=O)(=O)C2)c(C)c1. The minimum Gasteiger partial charge on any atom is -0.452 e. The Bertz CT molecular complexity index is 1040. The lowest BCUT2D eigenvalue weighted by molar-refractivity contribution is -0.136. The van der Waals surface area contributed by atoms with Crippen molar-refractivity contribution in [2.75, 3.05) is 12.4 Å². The van der Waals surface area contributed by atoms with Crippen molar-refractivity contribution >= 4 is 21.7 Å². The minimum absolute atomic E-state index is 0.170. The molecule has 0 bridgehead atoms. The number of esters is 1. The third-order valence-electron chi connectivity index (χ3n) is 4.76. The highest BCUT2D eigenvalue weighted by molar-refractivity contribution is 7.94. The molecule has 7 heteroatoms. The first-order valence-electron chi connectivity index (χ1n) is 9.24. The van der Waals surface area contributed by atoms with Gasteiger partial charge in [0.05, 0.1) is 17.4 Å². The zero-order valence-electron chi connectivity index (χ0n) is 16.4. The molecular weight excluding hydrogens is 390 g/mol. The van der Waals surface area contributed by atoms with Crippen LogP contribution >= 0.6 is 0 Å².